The number of hydrogen-bond acceptors (Lipinski definition) is 5. The topological polar surface area (TPSA) is 91.3 Å². The maximum Gasteiger partial charge on any atom is 0.270 e. The number of hydrogen-bond donors (Lipinski definition) is 3. The Balaban J connectivity index is 2.54. The molecule has 0 unspecified atom stereocenters. The van der Waals surface area contributed by atoms with Crippen LogP contribution in [0.2, 0.25) is 0 Å². The number of carbonyl (C=O) groups excluding carboxylic acids is 2. The fraction of sp³-hybridized carbons (Fsp3) is 0.583. The van der Waals surface area contributed by atoms with Crippen LogP contribution in [0.25, 0.3) is 0 Å². The Labute approximate surface area is 116 Å². The van der Waals surface area contributed by atoms with Crippen molar-refractivity contribution in [1.82, 2.24) is 10.3 Å². The summed E-state index contributed by atoms with van der Waals surface area (Å²) in [5.41, 5.74) is 0.120. The molecule has 0 spiro atoms. The Morgan fingerprint density at radius 2 is 2.16 bits per heavy atom. The molecule has 0 fully saturated rings. The van der Waals surface area contributed by atoms with Crippen molar-refractivity contribution in [3.05, 3.63) is 11.1 Å². The molecule has 106 valence electrons. The van der Waals surface area contributed by atoms with Gasteiger partial charge in [0, 0.05) is 25.5 Å². The first-order valence-electron chi connectivity index (χ1n) is 5.96. The Bertz CT molecular complexity index is 457. The number of carbonyl (C=O) groups is 2. The molecule has 1 aromatic rings. The Hall–Kier alpha value is -1.47. The maximum atomic E-state index is 11.9. The van der Waals surface area contributed by atoms with E-state index in [2.05, 4.69) is 15.6 Å². The van der Waals surface area contributed by atoms with Gasteiger partial charge in [0.15, 0.2) is 5.13 Å². The van der Waals surface area contributed by atoms with Crippen molar-refractivity contribution < 1.29 is 14.7 Å². The number of nitrogens with zero attached hydrogens (tertiary/aromatic N) is 1. The smallest absolute Gasteiger partial charge is 0.270 e. The fourth-order valence-electron chi connectivity index (χ4n) is 1.39. The van der Waals surface area contributed by atoms with Crippen LogP contribution in [-0.2, 0) is 4.79 Å². The van der Waals surface area contributed by atoms with Gasteiger partial charge >= 0.3 is 0 Å². The Morgan fingerprint density at radius 1 is 1.47 bits per heavy atom. The summed E-state index contributed by atoms with van der Waals surface area (Å²) in [5.74, 6) is -0.496. The van der Waals surface area contributed by atoms with Crippen molar-refractivity contribution in [2.75, 3.05) is 18.5 Å². The number of thiazole rings is 1. The van der Waals surface area contributed by atoms with Crippen molar-refractivity contribution in [3.63, 3.8) is 0 Å². The van der Waals surface area contributed by atoms with Gasteiger partial charge in [0.25, 0.3) is 5.91 Å². The minimum atomic E-state index is -0.279. The SMILES string of the molecule is CC(=O)Nc1nc(C(=O)NCC(C)(C)CCO)cs1. The fourth-order valence-corrected chi connectivity index (χ4v) is 2.12. The van der Waals surface area contributed by atoms with E-state index in [1.54, 1.807) is 5.38 Å². The molecular formula is C12H19N3O3S. The van der Waals surface area contributed by atoms with Gasteiger partial charge in [-0.15, -0.1) is 11.3 Å². The molecule has 0 aliphatic carbocycles. The summed E-state index contributed by atoms with van der Waals surface area (Å²) in [5, 5.41) is 16.2. The molecule has 0 aromatic carbocycles. The van der Waals surface area contributed by atoms with Crippen LogP contribution in [0.1, 0.15) is 37.7 Å². The predicted octanol–water partition coefficient (Wildman–Crippen LogP) is 1.24. The summed E-state index contributed by atoms with van der Waals surface area (Å²) in [6.07, 6.45) is 0.613. The molecule has 1 heterocycles. The highest BCUT2D eigenvalue weighted by molar-refractivity contribution is 7.14. The molecule has 2 amide bonds. The highest BCUT2D eigenvalue weighted by Crippen LogP contribution is 2.19. The molecular weight excluding hydrogens is 266 g/mol. The number of aliphatic hydroxyl groups is 1. The number of amides is 2. The lowest BCUT2D eigenvalue weighted by molar-refractivity contribution is -0.114. The van der Waals surface area contributed by atoms with Crippen molar-refractivity contribution in [1.29, 1.82) is 0 Å². The zero-order valence-electron chi connectivity index (χ0n) is 11.3. The first-order valence-corrected chi connectivity index (χ1v) is 6.84. The van der Waals surface area contributed by atoms with Crippen LogP contribution < -0.4 is 10.6 Å². The summed E-state index contributed by atoms with van der Waals surface area (Å²) in [6, 6.07) is 0. The second-order valence-corrected chi connectivity index (χ2v) is 5.90. The van der Waals surface area contributed by atoms with E-state index in [1.807, 2.05) is 13.8 Å². The van der Waals surface area contributed by atoms with Crippen LogP contribution >= 0.6 is 11.3 Å². The van der Waals surface area contributed by atoms with Gasteiger partial charge in [-0.2, -0.15) is 0 Å². The van der Waals surface area contributed by atoms with E-state index in [0.717, 1.165) is 0 Å². The lowest BCUT2D eigenvalue weighted by Gasteiger charge is -2.23. The van der Waals surface area contributed by atoms with Crippen molar-refractivity contribution >= 4 is 28.3 Å². The molecule has 0 atom stereocenters. The second-order valence-electron chi connectivity index (χ2n) is 5.04. The summed E-state index contributed by atoms with van der Waals surface area (Å²) in [4.78, 5) is 26.7. The number of anilines is 1. The van der Waals surface area contributed by atoms with E-state index in [9.17, 15) is 9.59 Å². The number of aliphatic hydroxyl groups excluding tert-OH is 1. The molecule has 3 N–H and O–H groups in total. The van der Waals surface area contributed by atoms with Crippen molar-refractivity contribution in [2.24, 2.45) is 5.41 Å². The van der Waals surface area contributed by atoms with E-state index < -0.39 is 0 Å². The molecule has 6 nitrogen and oxygen atoms in total. The number of nitrogens with one attached hydrogen (secondary N) is 2. The quantitative estimate of drug-likeness (QED) is 0.733. The van der Waals surface area contributed by atoms with Crippen LogP contribution in [0.3, 0.4) is 0 Å². The predicted molar refractivity (Wildman–Crippen MR) is 74.2 cm³/mol. The highest BCUT2D eigenvalue weighted by atomic mass is 32.1. The van der Waals surface area contributed by atoms with E-state index in [-0.39, 0.29) is 29.5 Å². The first kappa shape index (κ1) is 15.6. The van der Waals surface area contributed by atoms with E-state index in [0.29, 0.717) is 18.1 Å². The molecule has 0 saturated carbocycles. The molecule has 0 radical (unpaired) electrons. The van der Waals surface area contributed by atoms with Gasteiger partial charge in [-0.1, -0.05) is 13.8 Å². The average Bonchev–Trinajstić information content (AvgIpc) is 2.73. The molecule has 0 saturated heterocycles. The molecule has 1 aromatic heterocycles. The first-order chi connectivity index (χ1) is 8.84. The van der Waals surface area contributed by atoms with Gasteiger partial charge in [0.05, 0.1) is 0 Å². The lowest BCUT2D eigenvalue weighted by Crippen LogP contribution is -2.34. The maximum absolute atomic E-state index is 11.9. The van der Waals surface area contributed by atoms with E-state index >= 15 is 0 Å². The van der Waals surface area contributed by atoms with Crippen LogP contribution in [0.5, 0.6) is 0 Å². The minimum absolute atomic E-state index is 0.0895. The molecule has 0 aliphatic heterocycles. The molecule has 1 rings (SSSR count). The zero-order chi connectivity index (χ0) is 14.5. The van der Waals surface area contributed by atoms with Gasteiger partial charge in [0.2, 0.25) is 5.91 Å². The van der Waals surface area contributed by atoms with Gasteiger partial charge in [-0.25, -0.2) is 4.98 Å². The number of aromatic nitrogens is 1. The van der Waals surface area contributed by atoms with Crippen LogP contribution in [0, 0.1) is 5.41 Å². The zero-order valence-corrected chi connectivity index (χ0v) is 12.1. The van der Waals surface area contributed by atoms with E-state index in [4.69, 9.17) is 5.11 Å². The van der Waals surface area contributed by atoms with Crippen LogP contribution in [0.4, 0.5) is 5.13 Å². The minimum Gasteiger partial charge on any atom is -0.396 e. The molecule has 0 bridgehead atoms. The van der Waals surface area contributed by atoms with Gasteiger partial charge in [-0.3, -0.25) is 9.59 Å². The standard InChI is InChI=1S/C12H19N3O3S/c1-8(17)14-11-15-9(6-19-11)10(18)13-7-12(2,3)4-5-16/h6,16H,4-5,7H2,1-3H3,(H,13,18)(H,14,15,17). The third-order valence-electron chi connectivity index (χ3n) is 2.54. The highest BCUT2D eigenvalue weighted by Gasteiger charge is 2.19. The lowest BCUT2D eigenvalue weighted by atomic mass is 9.90. The summed E-state index contributed by atoms with van der Waals surface area (Å²) in [6.45, 7) is 5.87. The third-order valence-corrected chi connectivity index (χ3v) is 3.29. The van der Waals surface area contributed by atoms with Crippen molar-refractivity contribution in [2.45, 2.75) is 27.2 Å². The largest absolute Gasteiger partial charge is 0.396 e. The summed E-state index contributed by atoms with van der Waals surface area (Å²) in [7, 11) is 0. The molecule has 0 aliphatic rings. The summed E-state index contributed by atoms with van der Waals surface area (Å²) < 4.78 is 0. The van der Waals surface area contributed by atoms with E-state index in [1.165, 1.54) is 18.3 Å². The Kier molecular flexibility index (Phi) is 5.44. The van der Waals surface area contributed by atoms with Crippen LogP contribution in [-0.4, -0.2) is 35.1 Å². The monoisotopic (exact) mass is 285 g/mol. The van der Waals surface area contributed by atoms with Crippen molar-refractivity contribution in [3.8, 4) is 0 Å². The molecule has 7 heteroatoms. The second kappa shape index (κ2) is 6.63. The van der Waals surface area contributed by atoms with Crippen LogP contribution in [0.15, 0.2) is 5.38 Å². The normalized spacial score (nSPS) is 11.2. The van der Waals surface area contributed by atoms with Gasteiger partial charge < -0.3 is 15.7 Å². The summed E-state index contributed by atoms with van der Waals surface area (Å²) >= 11 is 1.21. The van der Waals surface area contributed by atoms with Gasteiger partial charge in [-0.05, 0) is 11.8 Å². The average molecular weight is 285 g/mol. The third kappa shape index (κ3) is 5.35. The molecule has 19 heavy (non-hydrogen) atoms. The Morgan fingerprint density at radius 3 is 2.74 bits per heavy atom. The number of rotatable bonds is 6. The van der Waals surface area contributed by atoms with Gasteiger partial charge in [0.1, 0.15) is 5.69 Å².